The monoisotopic (exact) mass is 464 g/mol. The number of aliphatic hydroxyl groups excluding tert-OH is 1. The smallest absolute Gasteiger partial charge is 0.407 e. The number of amides is 2. The molecule has 1 atom stereocenters. The number of carbonyl (C=O) groups is 3. The summed E-state index contributed by atoms with van der Waals surface area (Å²) in [5, 5.41) is 27.0. The summed E-state index contributed by atoms with van der Waals surface area (Å²) in [5.74, 6) is -2.17. The zero-order valence-corrected chi connectivity index (χ0v) is 18.4. The van der Waals surface area contributed by atoms with Gasteiger partial charge in [0.25, 0.3) is 5.91 Å². The van der Waals surface area contributed by atoms with E-state index < -0.39 is 30.6 Å². The first kappa shape index (κ1) is 23.0. The molecule has 0 bridgehead atoms. The molecular formula is C24H24N4O6. The van der Waals surface area contributed by atoms with E-state index in [4.69, 9.17) is 14.9 Å². The first-order valence-corrected chi connectivity index (χ1v) is 10.6. The van der Waals surface area contributed by atoms with E-state index in [0.29, 0.717) is 5.56 Å². The van der Waals surface area contributed by atoms with Crippen LogP contribution >= 0.6 is 0 Å². The molecule has 0 fully saturated rings. The van der Waals surface area contributed by atoms with Gasteiger partial charge in [-0.25, -0.2) is 9.59 Å². The second-order valence-corrected chi connectivity index (χ2v) is 7.87. The van der Waals surface area contributed by atoms with Crippen LogP contribution < -0.4 is 10.6 Å². The van der Waals surface area contributed by atoms with E-state index in [1.165, 1.54) is 17.9 Å². The number of hydrogen-bond acceptors (Lipinski definition) is 6. The number of aromatic nitrogens is 2. The van der Waals surface area contributed by atoms with Gasteiger partial charge in [0.05, 0.1) is 19.3 Å². The Morgan fingerprint density at radius 2 is 1.71 bits per heavy atom. The van der Waals surface area contributed by atoms with Crippen molar-refractivity contribution in [3.63, 3.8) is 0 Å². The minimum absolute atomic E-state index is 0.0515. The van der Waals surface area contributed by atoms with Crippen LogP contribution in [0.5, 0.6) is 0 Å². The number of aliphatic hydroxyl groups is 1. The number of carbonyl (C=O) groups excluding carboxylic acids is 2. The Labute approximate surface area is 195 Å². The highest BCUT2D eigenvalue weighted by Gasteiger charge is 2.29. The van der Waals surface area contributed by atoms with Crippen molar-refractivity contribution in [1.82, 2.24) is 20.4 Å². The van der Waals surface area contributed by atoms with Crippen molar-refractivity contribution < 1.29 is 29.3 Å². The van der Waals surface area contributed by atoms with Crippen molar-refractivity contribution in [2.45, 2.75) is 18.5 Å². The highest BCUT2D eigenvalue weighted by atomic mass is 16.5. The number of fused-ring (bicyclic) bond motifs is 3. The van der Waals surface area contributed by atoms with Gasteiger partial charge < -0.3 is 25.6 Å². The number of hydrogen-bond donors (Lipinski definition) is 4. The molecule has 10 heteroatoms. The predicted octanol–water partition coefficient (Wildman–Crippen LogP) is 1.63. The van der Waals surface area contributed by atoms with Crippen molar-refractivity contribution in [1.29, 1.82) is 0 Å². The molecule has 1 aliphatic rings. The number of carboxylic acids is 1. The summed E-state index contributed by atoms with van der Waals surface area (Å²) in [6.07, 6.45) is 0.740. The number of benzene rings is 2. The topological polar surface area (TPSA) is 143 Å². The SMILES string of the molecule is Cn1ncc(CNC(=O)OCC2c3ccccc3-c3ccccc32)c1C(=O)NC(CO)C(=O)O. The summed E-state index contributed by atoms with van der Waals surface area (Å²) in [7, 11) is 1.51. The van der Waals surface area contributed by atoms with Crippen molar-refractivity contribution in [2.75, 3.05) is 13.2 Å². The Bertz CT molecular complexity index is 1190. The Hall–Kier alpha value is -4.18. The highest BCUT2D eigenvalue weighted by molar-refractivity contribution is 5.96. The third kappa shape index (κ3) is 4.48. The largest absolute Gasteiger partial charge is 0.480 e. The molecule has 176 valence electrons. The van der Waals surface area contributed by atoms with Gasteiger partial charge in [0.1, 0.15) is 12.3 Å². The average molecular weight is 464 g/mol. The molecule has 1 aliphatic carbocycles. The van der Waals surface area contributed by atoms with Crippen molar-refractivity contribution in [3.05, 3.63) is 77.1 Å². The molecule has 0 saturated heterocycles. The quantitative estimate of drug-likeness (QED) is 0.397. The van der Waals surface area contributed by atoms with E-state index in [9.17, 15) is 14.4 Å². The van der Waals surface area contributed by atoms with Crippen molar-refractivity contribution in [2.24, 2.45) is 7.05 Å². The lowest BCUT2D eigenvalue weighted by Crippen LogP contribution is -2.44. The molecule has 0 radical (unpaired) electrons. The van der Waals surface area contributed by atoms with E-state index in [1.54, 1.807) is 0 Å². The number of aliphatic carboxylic acids is 1. The molecule has 34 heavy (non-hydrogen) atoms. The lowest BCUT2D eigenvalue weighted by Gasteiger charge is -2.15. The van der Waals surface area contributed by atoms with E-state index in [-0.39, 0.29) is 24.8 Å². The van der Waals surface area contributed by atoms with Gasteiger partial charge in [-0.05, 0) is 22.3 Å². The zero-order chi connectivity index (χ0) is 24.2. The van der Waals surface area contributed by atoms with Crippen LogP contribution in [0.25, 0.3) is 11.1 Å². The molecule has 10 nitrogen and oxygen atoms in total. The van der Waals surface area contributed by atoms with Gasteiger partial charge in [0.15, 0.2) is 6.04 Å². The van der Waals surface area contributed by atoms with Crippen LogP contribution in [0.1, 0.15) is 33.1 Å². The van der Waals surface area contributed by atoms with Crippen molar-refractivity contribution >= 4 is 18.0 Å². The first-order chi connectivity index (χ1) is 16.4. The number of rotatable bonds is 8. The number of carboxylic acid groups (broad SMARTS) is 1. The van der Waals surface area contributed by atoms with Crippen molar-refractivity contribution in [3.8, 4) is 11.1 Å². The molecule has 2 aromatic carbocycles. The van der Waals surface area contributed by atoms with Gasteiger partial charge >= 0.3 is 12.1 Å². The van der Waals surface area contributed by atoms with E-state index >= 15 is 0 Å². The number of nitrogens with zero attached hydrogens (tertiary/aromatic N) is 2. The normalized spacial score (nSPS) is 13.0. The third-order valence-electron chi connectivity index (χ3n) is 5.78. The van der Waals surface area contributed by atoms with Gasteiger partial charge in [0, 0.05) is 18.5 Å². The van der Waals surface area contributed by atoms with Crippen LogP contribution in [0, 0.1) is 0 Å². The number of alkyl carbamates (subject to hydrolysis) is 1. The van der Waals surface area contributed by atoms with Crippen LogP contribution in [-0.2, 0) is 23.1 Å². The standard InChI is InChI=1S/C24H24N4O6/c1-28-21(22(30)27-20(12-29)23(31)32)14(11-26-28)10-25-24(33)34-13-19-17-8-4-2-6-15(17)16-7-3-5-9-18(16)19/h2-9,11,19-20,29H,10,12-13H2,1H3,(H,25,33)(H,27,30)(H,31,32). The van der Waals surface area contributed by atoms with Crippen LogP contribution in [0.15, 0.2) is 54.7 Å². The zero-order valence-electron chi connectivity index (χ0n) is 18.4. The fourth-order valence-electron chi connectivity index (χ4n) is 4.13. The summed E-state index contributed by atoms with van der Waals surface area (Å²) in [6.45, 7) is -0.659. The van der Waals surface area contributed by atoms with Crippen LogP contribution in [0.4, 0.5) is 4.79 Å². The average Bonchev–Trinajstić information content (AvgIpc) is 3.37. The fourth-order valence-corrected chi connectivity index (χ4v) is 4.13. The molecule has 1 unspecified atom stereocenters. The second-order valence-electron chi connectivity index (χ2n) is 7.87. The van der Waals surface area contributed by atoms with Crippen LogP contribution in [-0.4, -0.2) is 57.2 Å². The maximum atomic E-state index is 12.5. The molecule has 1 aromatic heterocycles. The summed E-state index contributed by atoms with van der Waals surface area (Å²) in [4.78, 5) is 36.0. The molecule has 2 amide bonds. The van der Waals surface area contributed by atoms with Gasteiger partial charge in [-0.15, -0.1) is 0 Å². The number of nitrogens with one attached hydrogen (secondary N) is 2. The predicted molar refractivity (Wildman–Crippen MR) is 121 cm³/mol. The Balaban J connectivity index is 1.39. The maximum Gasteiger partial charge on any atom is 0.407 e. The Morgan fingerprint density at radius 3 is 2.29 bits per heavy atom. The van der Waals surface area contributed by atoms with Gasteiger partial charge in [-0.3, -0.25) is 9.48 Å². The van der Waals surface area contributed by atoms with E-state index in [0.717, 1.165) is 22.3 Å². The minimum atomic E-state index is -1.45. The second kappa shape index (κ2) is 9.75. The Morgan fingerprint density at radius 1 is 1.09 bits per heavy atom. The highest BCUT2D eigenvalue weighted by Crippen LogP contribution is 2.44. The van der Waals surface area contributed by atoms with Crippen LogP contribution in [0.3, 0.4) is 0 Å². The molecule has 0 spiro atoms. The maximum absolute atomic E-state index is 12.5. The summed E-state index contributed by atoms with van der Waals surface area (Å²) in [6, 6.07) is 14.6. The number of ether oxygens (including phenoxy) is 1. The molecule has 1 heterocycles. The van der Waals surface area contributed by atoms with E-state index in [1.807, 2.05) is 36.4 Å². The first-order valence-electron chi connectivity index (χ1n) is 10.6. The summed E-state index contributed by atoms with van der Waals surface area (Å²) >= 11 is 0. The molecule has 4 rings (SSSR count). The van der Waals surface area contributed by atoms with Gasteiger partial charge in [-0.2, -0.15) is 5.10 Å². The van der Waals surface area contributed by atoms with E-state index in [2.05, 4.69) is 27.9 Å². The number of aryl methyl sites for hydroxylation is 1. The minimum Gasteiger partial charge on any atom is -0.480 e. The Kier molecular flexibility index (Phi) is 6.60. The lowest BCUT2D eigenvalue weighted by atomic mass is 9.98. The van der Waals surface area contributed by atoms with Gasteiger partial charge in [0.2, 0.25) is 0 Å². The van der Waals surface area contributed by atoms with Crippen LogP contribution in [0.2, 0.25) is 0 Å². The fraction of sp³-hybridized carbons (Fsp3) is 0.250. The molecular weight excluding hydrogens is 440 g/mol. The van der Waals surface area contributed by atoms with Gasteiger partial charge in [-0.1, -0.05) is 48.5 Å². The summed E-state index contributed by atoms with van der Waals surface area (Å²) < 4.78 is 6.76. The third-order valence-corrected chi connectivity index (χ3v) is 5.78. The molecule has 0 aliphatic heterocycles. The molecule has 0 saturated carbocycles. The molecule has 4 N–H and O–H groups in total. The lowest BCUT2D eigenvalue weighted by molar-refractivity contribution is -0.140. The molecule has 3 aromatic rings. The summed E-state index contributed by atoms with van der Waals surface area (Å²) in [5.41, 5.74) is 4.88.